The lowest BCUT2D eigenvalue weighted by atomic mass is 9.99. The van der Waals surface area contributed by atoms with E-state index in [1.54, 1.807) is 65.7 Å². The zero-order valence-electron chi connectivity index (χ0n) is 25.6. The molecule has 2 N–H and O–H groups in total. The summed E-state index contributed by atoms with van der Waals surface area (Å²) in [5.74, 6) is -0.495. The molecule has 2 atom stereocenters. The first-order valence-corrected chi connectivity index (χ1v) is 15.1. The fraction of sp³-hybridized carbons (Fsp3) is 0.257. The fourth-order valence-electron chi connectivity index (χ4n) is 5.72. The molecule has 3 heterocycles. The van der Waals surface area contributed by atoms with Gasteiger partial charge in [-0.3, -0.25) is 19.2 Å². The van der Waals surface area contributed by atoms with E-state index in [4.69, 9.17) is 14.2 Å². The van der Waals surface area contributed by atoms with E-state index in [2.05, 4.69) is 10.6 Å². The summed E-state index contributed by atoms with van der Waals surface area (Å²) >= 11 is 0. The molecule has 47 heavy (non-hydrogen) atoms. The number of methoxy groups -OCH3 is 1. The highest BCUT2D eigenvalue weighted by Gasteiger charge is 2.35. The summed E-state index contributed by atoms with van der Waals surface area (Å²) in [6.07, 6.45) is 1.24. The lowest BCUT2D eigenvalue weighted by molar-refractivity contribution is -0.134. The predicted octanol–water partition coefficient (Wildman–Crippen LogP) is 3.15. The van der Waals surface area contributed by atoms with E-state index in [0.717, 1.165) is 0 Å². The molecule has 6 rings (SSSR count). The van der Waals surface area contributed by atoms with Crippen LogP contribution in [0, 0.1) is 5.82 Å². The summed E-state index contributed by atoms with van der Waals surface area (Å²) in [4.78, 5) is 53.5. The van der Waals surface area contributed by atoms with Gasteiger partial charge in [0.1, 0.15) is 35.7 Å². The first-order chi connectivity index (χ1) is 22.7. The van der Waals surface area contributed by atoms with Crippen LogP contribution in [0.2, 0.25) is 0 Å². The van der Waals surface area contributed by atoms with E-state index in [1.165, 1.54) is 29.9 Å². The van der Waals surface area contributed by atoms with Crippen molar-refractivity contribution in [1.82, 2.24) is 20.1 Å². The van der Waals surface area contributed by atoms with Crippen molar-refractivity contribution in [2.24, 2.45) is 0 Å². The van der Waals surface area contributed by atoms with Gasteiger partial charge in [-0.1, -0.05) is 18.2 Å². The number of hydrogen-bond donors (Lipinski definition) is 2. The molecule has 0 aliphatic carbocycles. The smallest absolute Gasteiger partial charge is 0.258 e. The van der Waals surface area contributed by atoms with Crippen LogP contribution >= 0.6 is 0 Å². The van der Waals surface area contributed by atoms with Crippen molar-refractivity contribution < 1.29 is 33.0 Å². The monoisotopic (exact) mass is 640 g/mol. The number of carbonyl (C=O) groups excluding carboxylic acids is 3. The van der Waals surface area contributed by atoms with E-state index >= 15 is 0 Å². The third-order valence-electron chi connectivity index (χ3n) is 8.11. The van der Waals surface area contributed by atoms with Crippen molar-refractivity contribution in [2.75, 3.05) is 26.8 Å². The number of nitrogens with one attached hydrogen (secondary N) is 2. The minimum atomic E-state index is -0.691. The molecule has 0 spiro atoms. The van der Waals surface area contributed by atoms with Crippen LogP contribution in [0.25, 0.3) is 11.1 Å². The molecule has 0 radical (unpaired) electrons. The Hall–Kier alpha value is -5.65. The Morgan fingerprint density at radius 1 is 0.979 bits per heavy atom. The second-order valence-corrected chi connectivity index (χ2v) is 11.3. The number of likely N-dealkylation sites (tertiary alicyclic amines) is 1. The first kappa shape index (κ1) is 31.3. The Morgan fingerprint density at radius 3 is 2.68 bits per heavy atom. The van der Waals surface area contributed by atoms with Gasteiger partial charge < -0.3 is 34.3 Å². The van der Waals surface area contributed by atoms with Crippen LogP contribution in [-0.4, -0.2) is 66.1 Å². The van der Waals surface area contributed by atoms with Gasteiger partial charge in [0.05, 0.1) is 13.2 Å². The number of halogens is 1. The van der Waals surface area contributed by atoms with E-state index in [-0.39, 0.29) is 43.5 Å². The molecule has 0 saturated carbocycles. The summed E-state index contributed by atoms with van der Waals surface area (Å²) in [5, 5.41) is 5.77. The number of hydrogen-bond acceptors (Lipinski definition) is 7. The zero-order chi connectivity index (χ0) is 32.9. The van der Waals surface area contributed by atoms with Gasteiger partial charge in [0.25, 0.3) is 17.4 Å². The molecule has 6 bridgehead atoms. The maximum atomic E-state index is 14.7. The highest BCUT2D eigenvalue weighted by atomic mass is 19.1. The average molecular weight is 641 g/mol. The van der Waals surface area contributed by atoms with E-state index < -0.39 is 29.8 Å². The van der Waals surface area contributed by atoms with Gasteiger partial charge in [-0.15, -0.1) is 0 Å². The van der Waals surface area contributed by atoms with Gasteiger partial charge in [0.15, 0.2) is 6.61 Å². The maximum absolute atomic E-state index is 14.7. The summed E-state index contributed by atoms with van der Waals surface area (Å²) in [6.45, 7) is -0.00341. The van der Waals surface area contributed by atoms with Gasteiger partial charge in [0, 0.05) is 55.5 Å². The number of aromatic nitrogens is 1. The molecule has 3 aromatic carbocycles. The SMILES string of the molecule is COc1ccc2cc1-c1cccc(c1)OCC(=O)NCc1cc(F)cc(c1)O[C@@H]1CCN(C(=O)Cn3ccccc3=O)C[C@H]1NC2=O. The molecule has 1 aromatic heterocycles. The summed E-state index contributed by atoms with van der Waals surface area (Å²) < 4.78 is 33.6. The molecule has 242 valence electrons. The van der Waals surface area contributed by atoms with Gasteiger partial charge in [-0.25, -0.2) is 4.39 Å². The number of piperidine rings is 1. The van der Waals surface area contributed by atoms with Crippen LogP contribution in [0.5, 0.6) is 17.2 Å². The number of pyridine rings is 1. The van der Waals surface area contributed by atoms with Crippen molar-refractivity contribution in [3.05, 3.63) is 112 Å². The minimum Gasteiger partial charge on any atom is -0.496 e. The van der Waals surface area contributed by atoms with E-state index in [0.29, 0.717) is 46.7 Å². The number of fused-ring (bicyclic) bond motifs is 8. The lowest BCUT2D eigenvalue weighted by Gasteiger charge is -2.39. The number of nitrogens with zero attached hydrogens (tertiary/aromatic N) is 2. The molecule has 4 aromatic rings. The molecule has 2 aliphatic rings. The summed E-state index contributed by atoms with van der Waals surface area (Å²) in [7, 11) is 1.53. The number of benzene rings is 3. The molecule has 12 heteroatoms. The lowest BCUT2D eigenvalue weighted by Crippen LogP contribution is -2.58. The van der Waals surface area contributed by atoms with E-state index in [9.17, 15) is 23.6 Å². The molecule has 3 amide bonds. The normalized spacial score (nSPS) is 18.1. The molecule has 2 aliphatic heterocycles. The molecule has 1 fully saturated rings. The molecule has 1 saturated heterocycles. The van der Waals surface area contributed by atoms with Gasteiger partial charge >= 0.3 is 0 Å². The Labute approximate surface area is 269 Å². The van der Waals surface area contributed by atoms with Crippen molar-refractivity contribution in [1.29, 1.82) is 0 Å². The van der Waals surface area contributed by atoms with Crippen LogP contribution in [-0.2, 0) is 22.7 Å². The number of ether oxygens (including phenoxy) is 3. The highest BCUT2D eigenvalue weighted by Crippen LogP contribution is 2.33. The number of rotatable bonds is 3. The Kier molecular flexibility index (Phi) is 9.18. The van der Waals surface area contributed by atoms with Crippen molar-refractivity contribution >= 4 is 17.7 Å². The molecule has 11 nitrogen and oxygen atoms in total. The largest absolute Gasteiger partial charge is 0.496 e. The molecular weight excluding hydrogens is 607 g/mol. The third-order valence-corrected chi connectivity index (χ3v) is 8.11. The van der Waals surface area contributed by atoms with Gasteiger partial charge in [-0.05, 0) is 59.7 Å². The highest BCUT2D eigenvalue weighted by molar-refractivity contribution is 5.96. The van der Waals surface area contributed by atoms with Gasteiger partial charge in [-0.2, -0.15) is 0 Å². The van der Waals surface area contributed by atoms with Crippen molar-refractivity contribution in [3.63, 3.8) is 0 Å². The van der Waals surface area contributed by atoms with E-state index in [1.807, 2.05) is 6.07 Å². The predicted molar refractivity (Wildman–Crippen MR) is 170 cm³/mol. The standard InChI is InChI=1S/C35H33FN4O7/c1-45-30-9-8-24-16-28(30)23-5-4-6-26(15-23)46-21-32(41)37-18-22-13-25(36)17-27(14-22)47-31-10-12-40(19-29(31)38-35(24)44)34(43)20-39-11-3-2-7-33(39)42/h2-9,11,13-17,29,31H,10,12,18-21H2,1H3,(H,37,41)(H,38,44)/t29-,31-/m1/s1. The van der Waals surface area contributed by atoms with Crippen LogP contribution in [0.15, 0.2) is 89.9 Å². The third kappa shape index (κ3) is 7.43. The average Bonchev–Trinajstić information content (AvgIpc) is 3.07. The van der Waals surface area contributed by atoms with Crippen LogP contribution in [0.3, 0.4) is 0 Å². The Bertz CT molecular complexity index is 1880. The van der Waals surface area contributed by atoms with Gasteiger partial charge in [0.2, 0.25) is 5.91 Å². The van der Waals surface area contributed by atoms with Crippen molar-refractivity contribution in [2.45, 2.75) is 31.7 Å². The quantitative estimate of drug-likeness (QED) is 0.352. The van der Waals surface area contributed by atoms with Crippen molar-refractivity contribution in [3.8, 4) is 28.4 Å². The summed E-state index contributed by atoms with van der Waals surface area (Å²) in [6, 6.07) is 20.2. The molecule has 0 unspecified atom stereocenters. The summed E-state index contributed by atoms with van der Waals surface area (Å²) in [5.41, 5.74) is 1.82. The zero-order valence-corrected chi connectivity index (χ0v) is 25.6. The number of amides is 3. The van der Waals surface area contributed by atoms with Crippen LogP contribution < -0.4 is 30.4 Å². The first-order valence-electron chi connectivity index (χ1n) is 15.1. The number of carbonyl (C=O) groups is 3. The minimum absolute atomic E-state index is 0.0331. The molecular formula is C35H33FN4O7. The fourth-order valence-corrected chi connectivity index (χ4v) is 5.72. The van der Waals surface area contributed by atoms with Crippen LogP contribution in [0.4, 0.5) is 4.39 Å². The second-order valence-electron chi connectivity index (χ2n) is 11.3. The maximum Gasteiger partial charge on any atom is 0.258 e. The topological polar surface area (TPSA) is 128 Å². The second kappa shape index (κ2) is 13.8. The Balaban J connectivity index is 1.34. The van der Waals surface area contributed by atoms with Crippen LogP contribution in [0.1, 0.15) is 22.3 Å². The Morgan fingerprint density at radius 2 is 1.85 bits per heavy atom.